The Morgan fingerprint density at radius 2 is 2.24 bits per heavy atom. The first-order chi connectivity index (χ1) is 8.15. The molecule has 1 aromatic heterocycles. The number of ketones is 1. The van der Waals surface area contributed by atoms with Gasteiger partial charge in [0.1, 0.15) is 5.82 Å². The lowest BCUT2D eigenvalue weighted by atomic mass is 10.2. The number of nitrogens with one attached hydrogen (secondary N) is 1. The van der Waals surface area contributed by atoms with Crippen molar-refractivity contribution in [1.82, 2.24) is 4.98 Å². The summed E-state index contributed by atoms with van der Waals surface area (Å²) in [6, 6.07) is 3.25. The summed E-state index contributed by atoms with van der Waals surface area (Å²) in [5.74, 6) is 0.0865. The summed E-state index contributed by atoms with van der Waals surface area (Å²) < 4.78 is 4.92. The van der Waals surface area contributed by atoms with Crippen molar-refractivity contribution in [3.63, 3.8) is 0 Å². The van der Waals surface area contributed by atoms with Gasteiger partial charge >= 0.3 is 6.09 Å². The van der Waals surface area contributed by atoms with Crippen molar-refractivity contribution in [2.24, 2.45) is 0 Å². The van der Waals surface area contributed by atoms with Gasteiger partial charge in [0.15, 0.2) is 5.78 Å². The number of rotatable bonds is 5. The lowest BCUT2D eigenvalue weighted by molar-refractivity contribution is 0.101. The van der Waals surface area contributed by atoms with Gasteiger partial charge in [-0.15, -0.1) is 0 Å². The first-order valence-electron chi connectivity index (χ1n) is 5.55. The molecule has 1 amide bonds. The van der Waals surface area contributed by atoms with Gasteiger partial charge in [-0.3, -0.25) is 10.1 Å². The number of ether oxygens (including phenoxy) is 1. The van der Waals surface area contributed by atoms with Crippen molar-refractivity contribution in [2.45, 2.75) is 26.7 Å². The molecule has 0 spiro atoms. The highest BCUT2D eigenvalue weighted by molar-refractivity contribution is 6.01. The maximum atomic E-state index is 11.4. The topological polar surface area (TPSA) is 68.3 Å². The summed E-state index contributed by atoms with van der Waals surface area (Å²) in [5, 5.41) is 2.46. The Bertz CT molecular complexity index is 404. The fourth-order valence-corrected chi connectivity index (χ4v) is 1.23. The summed E-state index contributed by atoms with van der Waals surface area (Å²) in [5.41, 5.74) is 0.375. The Balaban J connectivity index is 2.61. The Morgan fingerprint density at radius 3 is 2.88 bits per heavy atom. The summed E-state index contributed by atoms with van der Waals surface area (Å²) in [4.78, 5) is 26.6. The molecule has 1 rings (SSSR count). The van der Waals surface area contributed by atoms with E-state index < -0.39 is 6.09 Å². The second-order valence-electron chi connectivity index (χ2n) is 3.57. The minimum atomic E-state index is -0.584. The van der Waals surface area contributed by atoms with E-state index in [1.807, 2.05) is 6.92 Å². The van der Waals surface area contributed by atoms with E-state index in [1.165, 1.54) is 13.1 Å². The van der Waals surface area contributed by atoms with Gasteiger partial charge in [-0.25, -0.2) is 9.78 Å². The van der Waals surface area contributed by atoms with E-state index in [9.17, 15) is 9.59 Å². The van der Waals surface area contributed by atoms with Crippen molar-refractivity contribution >= 4 is 17.7 Å². The standard InChI is InChI=1S/C12H16N2O3/c1-3-4-8-17-12(16)14-11-10(9(2)15)6-5-7-13-11/h5-7H,3-4,8H2,1-2H3,(H,13,14,16). The molecule has 1 N–H and O–H groups in total. The van der Waals surface area contributed by atoms with E-state index in [0.717, 1.165) is 12.8 Å². The van der Waals surface area contributed by atoms with E-state index in [1.54, 1.807) is 12.1 Å². The zero-order valence-electron chi connectivity index (χ0n) is 10.0. The van der Waals surface area contributed by atoms with Crippen LogP contribution in [0.5, 0.6) is 0 Å². The van der Waals surface area contributed by atoms with Crippen LogP contribution in [-0.4, -0.2) is 23.5 Å². The predicted molar refractivity (Wildman–Crippen MR) is 64.1 cm³/mol. The van der Waals surface area contributed by atoms with Crippen molar-refractivity contribution in [3.05, 3.63) is 23.9 Å². The van der Waals surface area contributed by atoms with Gasteiger partial charge in [-0.05, 0) is 25.5 Å². The molecule has 0 radical (unpaired) electrons. The van der Waals surface area contributed by atoms with Crippen LogP contribution in [0, 0.1) is 0 Å². The molecular formula is C12H16N2O3. The predicted octanol–water partition coefficient (Wildman–Crippen LogP) is 2.63. The molecule has 17 heavy (non-hydrogen) atoms. The van der Waals surface area contributed by atoms with Gasteiger partial charge in [0.2, 0.25) is 0 Å². The Morgan fingerprint density at radius 1 is 1.47 bits per heavy atom. The van der Waals surface area contributed by atoms with E-state index in [4.69, 9.17) is 4.74 Å². The Hall–Kier alpha value is -1.91. The highest BCUT2D eigenvalue weighted by atomic mass is 16.5. The molecule has 0 saturated heterocycles. The van der Waals surface area contributed by atoms with Crippen LogP contribution in [0.15, 0.2) is 18.3 Å². The van der Waals surface area contributed by atoms with Gasteiger partial charge < -0.3 is 4.74 Å². The molecular weight excluding hydrogens is 220 g/mol. The molecule has 0 aliphatic rings. The summed E-state index contributed by atoms with van der Waals surface area (Å²) in [7, 11) is 0. The quantitative estimate of drug-likeness (QED) is 0.630. The summed E-state index contributed by atoms with van der Waals surface area (Å²) in [6.45, 7) is 3.79. The largest absolute Gasteiger partial charge is 0.449 e. The highest BCUT2D eigenvalue weighted by Crippen LogP contribution is 2.12. The average molecular weight is 236 g/mol. The van der Waals surface area contributed by atoms with Crippen LogP contribution in [0.2, 0.25) is 0 Å². The third kappa shape index (κ3) is 4.22. The van der Waals surface area contributed by atoms with Crippen molar-refractivity contribution in [1.29, 1.82) is 0 Å². The van der Waals surface area contributed by atoms with Gasteiger partial charge in [-0.2, -0.15) is 0 Å². The van der Waals surface area contributed by atoms with Crippen LogP contribution in [0.4, 0.5) is 10.6 Å². The molecule has 0 aromatic carbocycles. The van der Waals surface area contributed by atoms with Crippen LogP contribution in [0.25, 0.3) is 0 Å². The minimum Gasteiger partial charge on any atom is -0.449 e. The van der Waals surface area contributed by atoms with Gasteiger partial charge in [0.05, 0.1) is 12.2 Å². The molecule has 5 heteroatoms. The number of nitrogens with zero attached hydrogens (tertiary/aromatic N) is 1. The number of hydrogen-bond donors (Lipinski definition) is 1. The summed E-state index contributed by atoms with van der Waals surface area (Å²) in [6.07, 6.45) is 2.69. The number of carbonyl (C=O) groups is 2. The number of unbranched alkanes of at least 4 members (excludes halogenated alkanes) is 1. The fraction of sp³-hybridized carbons (Fsp3) is 0.417. The molecule has 0 aliphatic carbocycles. The molecule has 0 fully saturated rings. The van der Waals surface area contributed by atoms with Gasteiger partial charge in [-0.1, -0.05) is 13.3 Å². The van der Waals surface area contributed by atoms with E-state index in [2.05, 4.69) is 10.3 Å². The Labute approximate surface area is 100 Å². The number of anilines is 1. The number of pyridine rings is 1. The van der Waals surface area contributed by atoms with E-state index in [0.29, 0.717) is 12.2 Å². The highest BCUT2D eigenvalue weighted by Gasteiger charge is 2.11. The molecule has 92 valence electrons. The third-order valence-corrected chi connectivity index (χ3v) is 2.14. The minimum absolute atomic E-state index is 0.151. The SMILES string of the molecule is CCCCOC(=O)Nc1ncccc1C(C)=O. The van der Waals surface area contributed by atoms with Crippen LogP contribution < -0.4 is 5.32 Å². The number of Topliss-reactive ketones (excluding diaryl/α,β-unsaturated/α-hetero) is 1. The number of amides is 1. The van der Waals surface area contributed by atoms with Crippen molar-refractivity contribution < 1.29 is 14.3 Å². The van der Waals surface area contributed by atoms with Gasteiger partial charge in [0.25, 0.3) is 0 Å². The summed E-state index contributed by atoms with van der Waals surface area (Å²) >= 11 is 0. The smallest absolute Gasteiger partial charge is 0.412 e. The maximum Gasteiger partial charge on any atom is 0.412 e. The maximum absolute atomic E-state index is 11.4. The van der Waals surface area contributed by atoms with Crippen LogP contribution in [-0.2, 0) is 4.74 Å². The average Bonchev–Trinajstić information content (AvgIpc) is 2.29. The number of carbonyl (C=O) groups excluding carboxylic acids is 2. The number of aromatic nitrogens is 1. The zero-order valence-corrected chi connectivity index (χ0v) is 10.0. The lowest BCUT2D eigenvalue weighted by Crippen LogP contribution is -2.17. The fourth-order valence-electron chi connectivity index (χ4n) is 1.23. The Kier molecular flexibility index (Phi) is 5.13. The molecule has 0 bridgehead atoms. The van der Waals surface area contributed by atoms with Crippen molar-refractivity contribution in [3.8, 4) is 0 Å². The second kappa shape index (κ2) is 6.62. The van der Waals surface area contributed by atoms with Crippen LogP contribution >= 0.6 is 0 Å². The van der Waals surface area contributed by atoms with E-state index >= 15 is 0 Å². The third-order valence-electron chi connectivity index (χ3n) is 2.14. The second-order valence-corrected chi connectivity index (χ2v) is 3.57. The van der Waals surface area contributed by atoms with Crippen LogP contribution in [0.3, 0.4) is 0 Å². The van der Waals surface area contributed by atoms with E-state index in [-0.39, 0.29) is 11.6 Å². The molecule has 1 heterocycles. The molecule has 0 atom stereocenters. The number of hydrogen-bond acceptors (Lipinski definition) is 4. The molecule has 0 saturated carbocycles. The van der Waals surface area contributed by atoms with Crippen LogP contribution in [0.1, 0.15) is 37.0 Å². The molecule has 1 aromatic rings. The molecule has 5 nitrogen and oxygen atoms in total. The molecule has 0 aliphatic heterocycles. The van der Waals surface area contributed by atoms with Gasteiger partial charge in [0, 0.05) is 6.20 Å². The lowest BCUT2D eigenvalue weighted by Gasteiger charge is -2.08. The first-order valence-corrected chi connectivity index (χ1v) is 5.55. The monoisotopic (exact) mass is 236 g/mol. The van der Waals surface area contributed by atoms with Crippen molar-refractivity contribution in [2.75, 3.05) is 11.9 Å². The molecule has 0 unspecified atom stereocenters. The first kappa shape index (κ1) is 13.2. The zero-order chi connectivity index (χ0) is 12.7. The normalized spacial score (nSPS) is 9.76.